The molecule has 2 aromatic rings. The molecule has 2 heterocycles. The third kappa shape index (κ3) is 2.58. The quantitative estimate of drug-likeness (QED) is 0.922. The van der Waals surface area contributed by atoms with Gasteiger partial charge in [0.05, 0.1) is 5.69 Å². The number of rotatable bonds is 3. The van der Waals surface area contributed by atoms with Crippen LogP contribution in [0.3, 0.4) is 0 Å². The van der Waals surface area contributed by atoms with Crippen LogP contribution in [0.2, 0.25) is 0 Å². The third-order valence-corrected chi connectivity index (χ3v) is 4.32. The van der Waals surface area contributed by atoms with E-state index in [4.69, 9.17) is 0 Å². The van der Waals surface area contributed by atoms with Gasteiger partial charge in [-0.1, -0.05) is 18.2 Å². The molecule has 23 heavy (non-hydrogen) atoms. The molecule has 2 amide bonds. The van der Waals surface area contributed by atoms with Crippen LogP contribution < -0.4 is 4.90 Å². The Hall–Kier alpha value is -2.70. The molecule has 1 aliphatic heterocycles. The normalized spacial score (nSPS) is 18.3. The molecule has 2 aliphatic rings. The van der Waals surface area contributed by atoms with Gasteiger partial charge in [0.25, 0.3) is 5.91 Å². The van der Waals surface area contributed by atoms with Crippen LogP contribution in [0, 0.1) is 0 Å². The van der Waals surface area contributed by atoms with Gasteiger partial charge in [-0.25, -0.2) is 0 Å². The third-order valence-electron chi connectivity index (χ3n) is 4.32. The molecule has 0 unspecified atom stereocenters. The maximum absolute atomic E-state index is 12.6. The second kappa shape index (κ2) is 5.49. The molecular formula is C16H17N5O2. The molecule has 0 bridgehead atoms. The van der Waals surface area contributed by atoms with Gasteiger partial charge in [0.2, 0.25) is 5.91 Å². The van der Waals surface area contributed by atoms with Crippen LogP contribution in [0.15, 0.2) is 30.3 Å². The minimum absolute atomic E-state index is 0.0741. The fourth-order valence-electron chi connectivity index (χ4n) is 2.92. The molecule has 0 atom stereocenters. The molecule has 0 spiro atoms. The van der Waals surface area contributed by atoms with Gasteiger partial charge in [-0.3, -0.25) is 9.59 Å². The van der Waals surface area contributed by atoms with E-state index in [2.05, 4.69) is 15.4 Å². The second-order valence-corrected chi connectivity index (χ2v) is 5.94. The summed E-state index contributed by atoms with van der Waals surface area (Å²) in [4.78, 5) is 28.3. The topological polar surface area (TPSA) is 82.2 Å². The first kappa shape index (κ1) is 13.9. The number of amides is 2. The first-order valence-corrected chi connectivity index (χ1v) is 7.79. The predicted molar refractivity (Wildman–Crippen MR) is 83.1 cm³/mol. The van der Waals surface area contributed by atoms with Crippen molar-refractivity contribution >= 4 is 17.5 Å². The Morgan fingerprint density at radius 3 is 2.61 bits per heavy atom. The Labute approximate surface area is 133 Å². The van der Waals surface area contributed by atoms with E-state index in [0.29, 0.717) is 24.7 Å². The summed E-state index contributed by atoms with van der Waals surface area (Å²) in [7, 11) is 0. The molecule has 1 aromatic heterocycles. The van der Waals surface area contributed by atoms with Crippen molar-refractivity contribution in [2.24, 2.45) is 0 Å². The Kier molecular flexibility index (Phi) is 3.33. The molecule has 1 aromatic carbocycles. The number of H-pyrrole nitrogens is 1. The highest BCUT2D eigenvalue weighted by Gasteiger charge is 2.35. The number of hydrogen-bond acceptors (Lipinski definition) is 4. The van der Waals surface area contributed by atoms with E-state index in [-0.39, 0.29) is 18.4 Å². The van der Waals surface area contributed by atoms with Gasteiger partial charge in [-0.15, -0.1) is 0 Å². The maximum atomic E-state index is 12.6. The number of nitrogens with zero attached hydrogens (tertiary/aromatic N) is 4. The molecule has 7 heteroatoms. The average molecular weight is 311 g/mol. The average Bonchev–Trinajstić information content (AvgIpc) is 3.31. The van der Waals surface area contributed by atoms with Gasteiger partial charge in [-0.05, 0) is 25.0 Å². The number of aromatic nitrogens is 3. The van der Waals surface area contributed by atoms with Gasteiger partial charge in [0.15, 0.2) is 5.69 Å². The monoisotopic (exact) mass is 311 g/mol. The molecule has 7 nitrogen and oxygen atoms in total. The number of nitrogens with one attached hydrogen (secondary N) is 1. The smallest absolute Gasteiger partial charge is 0.276 e. The summed E-state index contributed by atoms with van der Waals surface area (Å²) in [5.41, 5.74) is 1.98. The summed E-state index contributed by atoms with van der Waals surface area (Å²) in [5, 5.41) is 10.6. The number of benzene rings is 1. The molecule has 118 valence electrons. The summed E-state index contributed by atoms with van der Waals surface area (Å²) in [5.74, 6) is 0.0583. The zero-order chi connectivity index (χ0) is 15.8. The predicted octanol–water partition coefficient (Wildman–Crippen LogP) is 1.17. The minimum atomic E-state index is -0.207. The van der Waals surface area contributed by atoms with Crippen molar-refractivity contribution in [2.75, 3.05) is 24.5 Å². The van der Waals surface area contributed by atoms with E-state index < -0.39 is 0 Å². The first-order chi connectivity index (χ1) is 11.2. The SMILES string of the molecule is O=C(c1n[nH]nc1C1CC1)N1CCN(c2ccccc2)C(=O)C1. The van der Waals surface area contributed by atoms with Crippen molar-refractivity contribution in [3.05, 3.63) is 41.7 Å². The molecule has 4 rings (SSSR count). The van der Waals surface area contributed by atoms with Gasteiger partial charge in [0.1, 0.15) is 6.54 Å². The number of carbonyl (C=O) groups is 2. The summed E-state index contributed by atoms with van der Waals surface area (Å²) in [6.45, 7) is 1.06. The number of carbonyl (C=O) groups excluding carboxylic acids is 2. The molecular weight excluding hydrogens is 294 g/mol. The number of anilines is 1. The van der Waals surface area contributed by atoms with Gasteiger partial charge in [-0.2, -0.15) is 15.4 Å². The van der Waals surface area contributed by atoms with Crippen LogP contribution in [-0.2, 0) is 4.79 Å². The Bertz CT molecular complexity index is 738. The molecule has 1 saturated carbocycles. The Balaban J connectivity index is 1.49. The van der Waals surface area contributed by atoms with Gasteiger partial charge >= 0.3 is 0 Å². The van der Waals surface area contributed by atoms with E-state index in [1.165, 1.54) is 0 Å². The molecule has 1 saturated heterocycles. The van der Waals surface area contributed by atoms with Crippen LogP contribution >= 0.6 is 0 Å². The zero-order valence-corrected chi connectivity index (χ0v) is 12.6. The van der Waals surface area contributed by atoms with Crippen LogP contribution in [0.4, 0.5) is 5.69 Å². The fraction of sp³-hybridized carbons (Fsp3) is 0.375. The summed E-state index contributed by atoms with van der Waals surface area (Å²) in [6.07, 6.45) is 2.10. The summed E-state index contributed by atoms with van der Waals surface area (Å²) < 4.78 is 0. The van der Waals surface area contributed by atoms with Crippen molar-refractivity contribution in [1.82, 2.24) is 20.3 Å². The van der Waals surface area contributed by atoms with E-state index in [9.17, 15) is 9.59 Å². The largest absolute Gasteiger partial charge is 0.326 e. The highest BCUT2D eigenvalue weighted by atomic mass is 16.2. The van der Waals surface area contributed by atoms with Crippen LogP contribution in [0.1, 0.15) is 34.9 Å². The highest BCUT2D eigenvalue weighted by Crippen LogP contribution is 2.40. The van der Waals surface area contributed by atoms with Gasteiger partial charge < -0.3 is 9.80 Å². The van der Waals surface area contributed by atoms with E-state index in [0.717, 1.165) is 24.2 Å². The Morgan fingerprint density at radius 1 is 1.13 bits per heavy atom. The lowest BCUT2D eigenvalue weighted by atomic mass is 10.2. The fourth-order valence-corrected chi connectivity index (χ4v) is 2.92. The van der Waals surface area contributed by atoms with Crippen molar-refractivity contribution in [3.63, 3.8) is 0 Å². The van der Waals surface area contributed by atoms with E-state index >= 15 is 0 Å². The van der Waals surface area contributed by atoms with Crippen molar-refractivity contribution in [1.29, 1.82) is 0 Å². The van der Waals surface area contributed by atoms with Crippen LogP contribution in [0.5, 0.6) is 0 Å². The lowest BCUT2D eigenvalue weighted by Gasteiger charge is -2.34. The van der Waals surface area contributed by atoms with Crippen LogP contribution in [-0.4, -0.2) is 51.8 Å². The lowest BCUT2D eigenvalue weighted by molar-refractivity contribution is -0.120. The summed E-state index contributed by atoms with van der Waals surface area (Å²) >= 11 is 0. The minimum Gasteiger partial charge on any atom is -0.326 e. The second-order valence-electron chi connectivity index (χ2n) is 5.94. The lowest BCUT2D eigenvalue weighted by Crippen LogP contribution is -2.52. The zero-order valence-electron chi connectivity index (χ0n) is 12.6. The van der Waals surface area contributed by atoms with Crippen LogP contribution in [0.25, 0.3) is 0 Å². The standard InChI is InChI=1S/C16H17N5O2/c22-13-10-20(8-9-21(13)12-4-2-1-3-5-12)16(23)15-14(11-6-7-11)17-19-18-15/h1-5,11H,6-10H2,(H,17,18,19). The number of piperazine rings is 1. The number of para-hydroxylation sites is 1. The summed E-state index contributed by atoms with van der Waals surface area (Å²) in [6, 6.07) is 9.52. The highest BCUT2D eigenvalue weighted by molar-refractivity contribution is 6.01. The maximum Gasteiger partial charge on any atom is 0.276 e. The molecule has 1 N–H and O–H groups in total. The van der Waals surface area contributed by atoms with Crippen molar-refractivity contribution in [3.8, 4) is 0 Å². The number of hydrogen-bond donors (Lipinski definition) is 1. The molecule has 2 fully saturated rings. The van der Waals surface area contributed by atoms with Crippen molar-refractivity contribution in [2.45, 2.75) is 18.8 Å². The molecule has 1 aliphatic carbocycles. The van der Waals surface area contributed by atoms with Crippen molar-refractivity contribution < 1.29 is 9.59 Å². The van der Waals surface area contributed by atoms with E-state index in [1.807, 2.05) is 30.3 Å². The van der Waals surface area contributed by atoms with Gasteiger partial charge in [0, 0.05) is 24.7 Å². The molecule has 0 radical (unpaired) electrons. The first-order valence-electron chi connectivity index (χ1n) is 7.79. The van der Waals surface area contributed by atoms with E-state index in [1.54, 1.807) is 9.80 Å². The number of aromatic amines is 1. The Morgan fingerprint density at radius 2 is 1.91 bits per heavy atom.